The van der Waals surface area contributed by atoms with Gasteiger partial charge in [-0.2, -0.15) is 4.72 Å². The summed E-state index contributed by atoms with van der Waals surface area (Å²) in [6.07, 6.45) is 0. The van der Waals surface area contributed by atoms with Gasteiger partial charge >= 0.3 is 0 Å². The van der Waals surface area contributed by atoms with Crippen molar-refractivity contribution in [2.45, 2.75) is 24.4 Å². The number of fused-ring (bicyclic) bond motifs is 1. The van der Waals surface area contributed by atoms with Gasteiger partial charge in [0, 0.05) is 11.6 Å². The number of ether oxygens (including phenoxy) is 1. The molecule has 0 aliphatic carbocycles. The summed E-state index contributed by atoms with van der Waals surface area (Å²) in [4.78, 5) is 12.4. The number of carbonyl (C=O) groups is 1. The van der Waals surface area contributed by atoms with Gasteiger partial charge in [-0.25, -0.2) is 8.42 Å². The zero-order valence-corrected chi connectivity index (χ0v) is 17.5. The topological polar surface area (TPSA) is 84.5 Å². The highest BCUT2D eigenvalue weighted by Gasteiger charge is 2.22. The maximum absolute atomic E-state index is 12.4. The van der Waals surface area contributed by atoms with E-state index in [-0.39, 0.29) is 11.4 Å². The van der Waals surface area contributed by atoms with Crippen molar-refractivity contribution in [2.75, 3.05) is 7.11 Å². The minimum absolute atomic E-state index is 0.00890. The van der Waals surface area contributed by atoms with Crippen LogP contribution in [0.1, 0.15) is 12.5 Å². The number of amides is 1. The molecule has 0 aliphatic rings. The SMILES string of the molecule is COc1ccc2cc(CNC(=O)C(C)NS(=O)(=O)c3cccc(Cl)c3)ccc2c1. The summed E-state index contributed by atoms with van der Waals surface area (Å²) in [6.45, 7) is 1.77. The average Bonchev–Trinajstić information content (AvgIpc) is 2.71. The van der Waals surface area contributed by atoms with E-state index in [4.69, 9.17) is 16.3 Å². The van der Waals surface area contributed by atoms with Crippen molar-refractivity contribution >= 4 is 38.3 Å². The third-order valence-corrected chi connectivity index (χ3v) is 6.18. The first-order chi connectivity index (χ1) is 13.8. The Hall–Kier alpha value is -2.61. The van der Waals surface area contributed by atoms with Gasteiger partial charge in [0.15, 0.2) is 0 Å². The lowest BCUT2D eigenvalue weighted by Gasteiger charge is -2.15. The zero-order valence-electron chi connectivity index (χ0n) is 16.0. The van der Waals surface area contributed by atoms with Gasteiger partial charge in [0.25, 0.3) is 0 Å². The summed E-state index contributed by atoms with van der Waals surface area (Å²) in [5.74, 6) is 0.352. The third-order valence-electron chi connectivity index (χ3n) is 4.41. The van der Waals surface area contributed by atoms with Gasteiger partial charge in [0.2, 0.25) is 15.9 Å². The largest absolute Gasteiger partial charge is 0.497 e. The second-order valence-corrected chi connectivity index (χ2v) is 8.72. The molecule has 0 heterocycles. The first-order valence-corrected chi connectivity index (χ1v) is 10.8. The molecule has 1 amide bonds. The van der Waals surface area contributed by atoms with Crippen LogP contribution in [0, 0.1) is 0 Å². The normalized spacial score (nSPS) is 12.5. The molecule has 152 valence electrons. The molecule has 1 unspecified atom stereocenters. The van der Waals surface area contributed by atoms with Crippen LogP contribution in [-0.2, 0) is 21.4 Å². The van der Waals surface area contributed by atoms with Crippen molar-refractivity contribution in [2.24, 2.45) is 0 Å². The van der Waals surface area contributed by atoms with E-state index in [0.717, 1.165) is 22.1 Å². The van der Waals surface area contributed by atoms with E-state index in [2.05, 4.69) is 10.0 Å². The Morgan fingerprint density at radius 3 is 2.52 bits per heavy atom. The van der Waals surface area contributed by atoms with Crippen molar-refractivity contribution in [3.63, 3.8) is 0 Å². The lowest BCUT2D eigenvalue weighted by molar-refractivity contribution is -0.122. The minimum Gasteiger partial charge on any atom is -0.497 e. The van der Waals surface area contributed by atoms with Crippen molar-refractivity contribution in [3.8, 4) is 5.75 Å². The van der Waals surface area contributed by atoms with E-state index in [9.17, 15) is 13.2 Å². The van der Waals surface area contributed by atoms with Gasteiger partial charge in [0.05, 0.1) is 18.0 Å². The summed E-state index contributed by atoms with van der Waals surface area (Å²) in [7, 11) is -2.23. The molecule has 0 bridgehead atoms. The number of benzene rings is 3. The predicted octanol–water partition coefficient (Wildman–Crippen LogP) is 3.49. The molecule has 0 fully saturated rings. The summed E-state index contributed by atoms with van der Waals surface area (Å²) >= 11 is 5.85. The van der Waals surface area contributed by atoms with E-state index < -0.39 is 22.0 Å². The Balaban J connectivity index is 1.63. The van der Waals surface area contributed by atoms with Gasteiger partial charge in [-0.15, -0.1) is 0 Å². The summed E-state index contributed by atoms with van der Waals surface area (Å²) in [6, 6.07) is 16.5. The average molecular weight is 433 g/mol. The van der Waals surface area contributed by atoms with Crippen LogP contribution in [0.3, 0.4) is 0 Å². The number of halogens is 1. The van der Waals surface area contributed by atoms with E-state index in [0.29, 0.717) is 5.02 Å². The molecule has 0 saturated heterocycles. The van der Waals surface area contributed by atoms with Crippen LogP contribution in [0.25, 0.3) is 10.8 Å². The van der Waals surface area contributed by atoms with E-state index >= 15 is 0 Å². The molecule has 3 rings (SSSR count). The van der Waals surface area contributed by atoms with Crippen molar-refractivity contribution in [1.82, 2.24) is 10.0 Å². The summed E-state index contributed by atoms with van der Waals surface area (Å²) < 4.78 is 32.4. The Bertz CT molecular complexity index is 1150. The Morgan fingerprint density at radius 1 is 1.07 bits per heavy atom. The summed E-state index contributed by atoms with van der Waals surface area (Å²) in [5.41, 5.74) is 0.904. The molecule has 0 aliphatic heterocycles. The number of carbonyl (C=O) groups excluding carboxylic acids is 1. The fourth-order valence-corrected chi connectivity index (χ4v) is 4.34. The van der Waals surface area contributed by atoms with Gasteiger partial charge in [-0.3, -0.25) is 4.79 Å². The molecule has 0 saturated carbocycles. The molecular formula is C21H21ClN2O4S. The second-order valence-electron chi connectivity index (χ2n) is 6.57. The highest BCUT2D eigenvalue weighted by Crippen LogP contribution is 2.22. The van der Waals surface area contributed by atoms with Crippen LogP contribution in [-0.4, -0.2) is 27.5 Å². The first kappa shape index (κ1) is 21.1. The first-order valence-electron chi connectivity index (χ1n) is 8.91. The van der Waals surface area contributed by atoms with Crippen LogP contribution in [0.2, 0.25) is 5.02 Å². The fraction of sp³-hybridized carbons (Fsp3) is 0.190. The lowest BCUT2D eigenvalue weighted by atomic mass is 10.1. The van der Waals surface area contributed by atoms with Gasteiger partial charge in [-0.05, 0) is 59.7 Å². The van der Waals surface area contributed by atoms with Crippen molar-refractivity contribution < 1.29 is 17.9 Å². The molecule has 3 aromatic carbocycles. The Labute approximate surface area is 174 Å². The predicted molar refractivity (Wildman–Crippen MR) is 114 cm³/mol. The van der Waals surface area contributed by atoms with Crippen LogP contribution < -0.4 is 14.8 Å². The molecule has 29 heavy (non-hydrogen) atoms. The minimum atomic E-state index is -3.85. The quantitative estimate of drug-likeness (QED) is 0.598. The van der Waals surface area contributed by atoms with E-state index in [1.54, 1.807) is 13.2 Å². The van der Waals surface area contributed by atoms with Crippen LogP contribution in [0.15, 0.2) is 65.6 Å². The molecule has 2 N–H and O–H groups in total. The second kappa shape index (κ2) is 8.82. The molecule has 8 heteroatoms. The number of rotatable bonds is 7. The monoisotopic (exact) mass is 432 g/mol. The van der Waals surface area contributed by atoms with Gasteiger partial charge in [-0.1, -0.05) is 35.9 Å². The highest BCUT2D eigenvalue weighted by atomic mass is 35.5. The highest BCUT2D eigenvalue weighted by molar-refractivity contribution is 7.89. The van der Waals surface area contributed by atoms with Crippen LogP contribution >= 0.6 is 11.6 Å². The zero-order chi connectivity index (χ0) is 21.0. The van der Waals surface area contributed by atoms with Gasteiger partial charge < -0.3 is 10.1 Å². The smallest absolute Gasteiger partial charge is 0.241 e. The molecule has 6 nitrogen and oxygen atoms in total. The number of sulfonamides is 1. The fourth-order valence-electron chi connectivity index (χ4n) is 2.84. The van der Waals surface area contributed by atoms with Crippen molar-refractivity contribution in [3.05, 3.63) is 71.2 Å². The summed E-state index contributed by atoms with van der Waals surface area (Å²) in [5, 5.41) is 5.11. The molecule has 0 aromatic heterocycles. The lowest BCUT2D eigenvalue weighted by Crippen LogP contribution is -2.44. The number of methoxy groups -OCH3 is 1. The number of hydrogen-bond acceptors (Lipinski definition) is 4. The van der Waals surface area contributed by atoms with E-state index in [1.165, 1.54) is 25.1 Å². The van der Waals surface area contributed by atoms with Gasteiger partial charge in [0.1, 0.15) is 5.75 Å². The maximum Gasteiger partial charge on any atom is 0.241 e. The molecule has 0 spiro atoms. The third kappa shape index (κ3) is 5.26. The van der Waals surface area contributed by atoms with Crippen LogP contribution in [0.4, 0.5) is 0 Å². The molecule has 0 radical (unpaired) electrons. The number of nitrogens with one attached hydrogen (secondary N) is 2. The Morgan fingerprint density at radius 2 is 1.79 bits per heavy atom. The van der Waals surface area contributed by atoms with Crippen LogP contribution in [0.5, 0.6) is 5.75 Å². The Kier molecular flexibility index (Phi) is 6.42. The standard InChI is InChI=1S/C21H21ClN2O4S/c1-14(24-29(26,27)20-5-3-4-18(22)12-20)21(25)23-13-15-6-7-17-11-19(28-2)9-8-16(17)10-15/h3-12,14,24H,13H2,1-2H3,(H,23,25). The maximum atomic E-state index is 12.4. The van der Waals surface area contributed by atoms with Crippen molar-refractivity contribution in [1.29, 1.82) is 0 Å². The number of hydrogen-bond donors (Lipinski definition) is 2. The molecular weight excluding hydrogens is 412 g/mol. The molecule has 1 atom stereocenters. The molecule has 3 aromatic rings. The van der Waals surface area contributed by atoms with E-state index in [1.807, 2.05) is 36.4 Å².